The number of benzene rings is 2. The van der Waals surface area contributed by atoms with Crippen molar-refractivity contribution < 1.29 is 23.1 Å². The molecule has 3 rings (SSSR count). The van der Waals surface area contributed by atoms with Gasteiger partial charge in [0.2, 0.25) is 0 Å². The molecule has 0 atom stereocenters. The van der Waals surface area contributed by atoms with Crippen molar-refractivity contribution >= 4 is 5.84 Å². The number of hydrogen-bond donors (Lipinski definition) is 2. The van der Waals surface area contributed by atoms with Crippen LogP contribution in [0.5, 0.6) is 5.75 Å². The van der Waals surface area contributed by atoms with E-state index in [9.17, 15) is 13.2 Å². The zero-order valence-corrected chi connectivity index (χ0v) is 13.1. The fourth-order valence-electron chi connectivity index (χ4n) is 2.17. The van der Waals surface area contributed by atoms with Crippen molar-refractivity contribution in [2.75, 3.05) is 0 Å². The molecule has 3 N–H and O–H groups in total. The molecule has 7 nitrogen and oxygen atoms in total. The molecule has 0 aliphatic rings. The molecular weight excluding hydrogens is 351 g/mol. The first-order chi connectivity index (χ1) is 12.4. The summed E-state index contributed by atoms with van der Waals surface area (Å²) in [6.45, 7) is 0. The van der Waals surface area contributed by atoms with E-state index in [4.69, 9.17) is 10.9 Å². The van der Waals surface area contributed by atoms with Crippen LogP contribution in [0.25, 0.3) is 17.1 Å². The van der Waals surface area contributed by atoms with E-state index in [1.54, 1.807) is 24.3 Å². The van der Waals surface area contributed by atoms with Gasteiger partial charge in [-0.1, -0.05) is 29.4 Å². The average Bonchev–Trinajstić information content (AvgIpc) is 3.10. The van der Waals surface area contributed by atoms with Gasteiger partial charge in [-0.25, -0.2) is 9.67 Å². The van der Waals surface area contributed by atoms with Crippen LogP contribution in [0.3, 0.4) is 0 Å². The van der Waals surface area contributed by atoms with Crippen LogP contribution in [-0.2, 0) is 0 Å². The van der Waals surface area contributed by atoms with E-state index in [0.717, 1.165) is 0 Å². The molecule has 0 bridgehead atoms. The second-order valence-electron chi connectivity index (χ2n) is 5.12. The first-order valence-electron chi connectivity index (χ1n) is 7.22. The van der Waals surface area contributed by atoms with Gasteiger partial charge in [-0.05, 0) is 24.3 Å². The predicted molar refractivity (Wildman–Crippen MR) is 86.0 cm³/mol. The third-order valence-electron chi connectivity index (χ3n) is 3.37. The highest BCUT2D eigenvalue weighted by Gasteiger charge is 2.30. The second kappa shape index (κ2) is 6.75. The third-order valence-corrected chi connectivity index (χ3v) is 3.37. The van der Waals surface area contributed by atoms with Crippen LogP contribution < -0.4 is 10.5 Å². The van der Waals surface area contributed by atoms with Crippen molar-refractivity contribution in [2.45, 2.75) is 6.36 Å². The van der Waals surface area contributed by atoms with Gasteiger partial charge in [0, 0.05) is 11.1 Å². The maximum absolute atomic E-state index is 12.2. The molecule has 10 heteroatoms. The summed E-state index contributed by atoms with van der Waals surface area (Å²) < 4.78 is 41.8. The van der Waals surface area contributed by atoms with E-state index in [1.807, 2.05) is 0 Å². The maximum atomic E-state index is 12.2. The first kappa shape index (κ1) is 17.3. The number of oxime groups is 1. The molecule has 0 radical (unpaired) electrons. The number of alkyl halides is 3. The Morgan fingerprint density at radius 2 is 1.73 bits per heavy atom. The Morgan fingerprint density at radius 1 is 1.08 bits per heavy atom. The molecule has 0 spiro atoms. The molecule has 0 saturated heterocycles. The molecule has 0 amide bonds. The van der Waals surface area contributed by atoms with Gasteiger partial charge >= 0.3 is 6.36 Å². The summed E-state index contributed by atoms with van der Waals surface area (Å²) in [7, 11) is 0. The van der Waals surface area contributed by atoms with Gasteiger partial charge in [0.25, 0.3) is 0 Å². The van der Waals surface area contributed by atoms with Crippen molar-refractivity contribution in [3.63, 3.8) is 0 Å². The smallest absolute Gasteiger partial charge is 0.409 e. The number of amidine groups is 1. The average molecular weight is 363 g/mol. The molecule has 134 valence electrons. The zero-order chi connectivity index (χ0) is 18.7. The number of nitrogens with zero attached hydrogens (tertiary/aromatic N) is 4. The lowest BCUT2D eigenvalue weighted by atomic mass is 10.1. The van der Waals surface area contributed by atoms with Crippen molar-refractivity contribution in [2.24, 2.45) is 10.9 Å². The van der Waals surface area contributed by atoms with Crippen LogP contribution in [0.4, 0.5) is 13.2 Å². The molecule has 2 aromatic carbocycles. The highest BCUT2D eigenvalue weighted by atomic mass is 19.4. The van der Waals surface area contributed by atoms with Gasteiger partial charge in [-0.3, -0.25) is 0 Å². The van der Waals surface area contributed by atoms with Crippen LogP contribution in [0.1, 0.15) is 5.56 Å². The number of nitrogens with two attached hydrogens (primary N) is 1. The van der Waals surface area contributed by atoms with Crippen molar-refractivity contribution in [3.8, 4) is 22.8 Å². The molecule has 3 aromatic rings. The normalized spacial score (nSPS) is 12.2. The van der Waals surface area contributed by atoms with Gasteiger partial charge in [0.05, 0.1) is 5.69 Å². The second-order valence-corrected chi connectivity index (χ2v) is 5.12. The standard InChI is InChI=1S/C16H12F3N5O2/c17-16(18,19)26-13-7-5-12(6-8-13)24-9-21-15(22-24)11-3-1-10(2-4-11)14(20)23-25/h1-9,25H,(H2,20,23). The van der Waals surface area contributed by atoms with Crippen LogP contribution in [0.15, 0.2) is 60.0 Å². The van der Waals surface area contributed by atoms with E-state index >= 15 is 0 Å². The largest absolute Gasteiger partial charge is 0.573 e. The van der Waals surface area contributed by atoms with E-state index in [2.05, 4.69) is 20.0 Å². The van der Waals surface area contributed by atoms with Gasteiger partial charge in [-0.15, -0.1) is 18.3 Å². The van der Waals surface area contributed by atoms with Gasteiger partial charge < -0.3 is 15.7 Å². The van der Waals surface area contributed by atoms with Gasteiger partial charge in [0.1, 0.15) is 12.1 Å². The molecule has 0 unspecified atom stereocenters. The number of ether oxygens (including phenoxy) is 1. The van der Waals surface area contributed by atoms with Gasteiger partial charge in [0.15, 0.2) is 11.7 Å². The summed E-state index contributed by atoms with van der Waals surface area (Å²) in [5, 5.41) is 15.8. The maximum Gasteiger partial charge on any atom is 0.573 e. The molecule has 1 heterocycles. The molecule has 0 fully saturated rings. The number of aromatic nitrogens is 3. The van der Waals surface area contributed by atoms with Crippen LogP contribution in [-0.4, -0.2) is 32.2 Å². The van der Waals surface area contributed by atoms with Gasteiger partial charge in [-0.2, -0.15) is 0 Å². The molecule has 0 aliphatic heterocycles. The minimum absolute atomic E-state index is 0.0174. The Kier molecular flexibility index (Phi) is 4.48. The van der Waals surface area contributed by atoms with Crippen molar-refractivity contribution in [1.29, 1.82) is 0 Å². The Labute approximate surface area is 145 Å². The minimum atomic E-state index is -4.74. The quantitative estimate of drug-likeness (QED) is 0.321. The summed E-state index contributed by atoms with van der Waals surface area (Å²) in [6.07, 6.45) is -3.30. The lowest BCUT2D eigenvalue weighted by molar-refractivity contribution is -0.274. The van der Waals surface area contributed by atoms with E-state index in [0.29, 0.717) is 22.6 Å². The van der Waals surface area contributed by atoms with Crippen LogP contribution in [0, 0.1) is 0 Å². The lowest BCUT2D eigenvalue weighted by Gasteiger charge is -2.09. The topological polar surface area (TPSA) is 98.6 Å². The Hall–Kier alpha value is -3.56. The Morgan fingerprint density at radius 3 is 2.31 bits per heavy atom. The number of halogens is 3. The monoisotopic (exact) mass is 363 g/mol. The van der Waals surface area contributed by atoms with E-state index in [-0.39, 0.29) is 11.6 Å². The van der Waals surface area contributed by atoms with Crippen LogP contribution >= 0.6 is 0 Å². The summed E-state index contributed by atoms with van der Waals surface area (Å²) in [5.41, 5.74) is 7.25. The summed E-state index contributed by atoms with van der Waals surface area (Å²) in [4.78, 5) is 4.17. The molecule has 26 heavy (non-hydrogen) atoms. The highest BCUT2D eigenvalue weighted by molar-refractivity contribution is 5.97. The third kappa shape index (κ3) is 3.91. The molecule has 0 saturated carbocycles. The zero-order valence-electron chi connectivity index (χ0n) is 13.1. The highest BCUT2D eigenvalue weighted by Crippen LogP contribution is 2.24. The Balaban J connectivity index is 1.79. The molecular formula is C16H12F3N5O2. The first-order valence-corrected chi connectivity index (χ1v) is 7.22. The number of hydrogen-bond acceptors (Lipinski definition) is 5. The fraction of sp³-hybridized carbons (Fsp3) is 0.0625. The molecule has 0 aliphatic carbocycles. The van der Waals surface area contributed by atoms with E-state index < -0.39 is 6.36 Å². The lowest BCUT2D eigenvalue weighted by Crippen LogP contribution is -2.17. The SMILES string of the molecule is NC(=NO)c1ccc(-c2ncn(-c3ccc(OC(F)(F)F)cc3)n2)cc1. The van der Waals surface area contributed by atoms with Crippen LogP contribution in [0.2, 0.25) is 0 Å². The van der Waals surface area contributed by atoms with E-state index in [1.165, 1.54) is 35.3 Å². The summed E-state index contributed by atoms with van der Waals surface area (Å²) >= 11 is 0. The summed E-state index contributed by atoms with van der Waals surface area (Å²) in [5.74, 6) is 0.0724. The van der Waals surface area contributed by atoms with Crippen molar-refractivity contribution in [3.05, 3.63) is 60.4 Å². The summed E-state index contributed by atoms with van der Waals surface area (Å²) in [6, 6.07) is 11.9. The van der Waals surface area contributed by atoms with Crippen molar-refractivity contribution in [1.82, 2.24) is 14.8 Å². The number of rotatable bonds is 4. The predicted octanol–water partition coefficient (Wildman–Crippen LogP) is 2.93. The Bertz CT molecular complexity index is 918. The fourth-order valence-corrected chi connectivity index (χ4v) is 2.17. The minimum Gasteiger partial charge on any atom is -0.409 e. The molecule has 1 aromatic heterocycles.